The Labute approximate surface area is 202 Å². The molecule has 1 aliphatic heterocycles. The monoisotopic (exact) mass is 466 g/mol. The summed E-state index contributed by atoms with van der Waals surface area (Å²) in [6.07, 6.45) is 11.0. The van der Waals surface area contributed by atoms with Crippen molar-refractivity contribution in [2.24, 2.45) is 5.73 Å². The Bertz CT molecular complexity index is 1420. The maximum atomic E-state index is 6.63. The zero-order valence-corrected chi connectivity index (χ0v) is 19.4. The van der Waals surface area contributed by atoms with Crippen LogP contribution in [0.3, 0.4) is 0 Å². The predicted molar refractivity (Wildman–Crippen MR) is 134 cm³/mol. The third-order valence-corrected chi connectivity index (χ3v) is 6.69. The van der Waals surface area contributed by atoms with Crippen molar-refractivity contribution in [3.05, 3.63) is 84.8 Å². The topological polar surface area (TPSA) is 117 Å². The summed E-state index contributed by atoms with van der Waals surface area (Å²) in [6.45, 7) is 5.19. The van der Waals surface area contributed by atoms with E-state index in [4.69, 9.17) is 5.73 Å². The minimum absolute atomic E-state index is 0.649. The molecule has 1 atom stereocenters. The van der Waals surface area contributed by atoms with Crippen molar-refractivity contribution < 1.29 is 0 Å². The van der Waals surface area contributed by atoms with E-state index in [1.807, 2.05) is 66.6 Å². The lowest BCUT2D eigenvalue weighted by molar-refractivity contribution is 0.592. The highest BCUT2D eigenvalue weighted by atomic mass is 15.4. The molecule has 1 aliphatic rings. The van der Waals surface area contributed by atoms with Crippen LogP contribution in [-0.2, 0) is 5.54 Å². The summed E-state index contributed by atoms with van der Waals surface area (Å²) in [5, 5.41) is 11.3. The van der Waals surface area contributed by atoms with Gasteiger partial charge < -0.3 is 15.5 Å². The Morgan fingerprint density at radius 2 is 1.63 bits per heavy atom. The van der Waals surface area contributed by atoms with E-state index < -0.39 is 5.54 Å². The minimum Gasteiger partial charge on any atom is -0.351 e. The fraction of sp³-hybridized carbons (Fsp3) is 0.240. The molecule has 1 saturated heterocycles. The highest BCUT2D eigenvalue weighted by molar-refractivity contribution is 5.77. The van der Waals surface area contributed by atoms with Crippen LogP contribution in [-0.4, -0.2) is 60.9 Å². The van der Waals surface area contributed by atoms with Gasteiger partial charge in [-0.25, -0.2) is 19.5 Å². The lowest BCUT2D eigenvalue weighted by Gasteiger charge is -2.35. The van der Waals surface area contributed by atoms with Gasteiger partial charge in [0.15, 0.2) is 5.82 Å². The number of rotatable bonds is 5. The second-order valence-electron chi connectivity index (χ2n) is 8.94. The summed E-state index contributed by atoms with van der Waals surface area (Å²) in [4.78, 5) is 18.4. The number of anilines is 2. The Balaban J connectivity index is 1.17. The van der Waals surface area contributed by atoms with Gasteiger partial charge in [0.05, 0.1) is 11.7 Å². The summed E-state index contributed by atoms with van der Waals surface area (Å²) in [5.74, 6) is 1.64. The van der Waals surface area contributed by atoms with Crippen LogP contribution >= 0.6 is 0 Å². The third-order valence-electron chi connectivity index (χ3n) is 6.69. The van der Waals surface area contributed by atoms with Crippen LogP contribution in [0, 0.1) is 0 Å². The van der Waals surface area contributed by atoms with Gasteiger partial charge in [-0.1, -0.05) is 30.3 Å². The summed E-state index contributed by atoms with van der Waals surface area (Å²) >= 11 is 0. The lowest BCUT2D eigenvalue weighted by Crippen LogP contribution is -2.47. The number of piperazine rings is 1. The molecule has 176 valence electrons. The van der Waals surface area contributed by atoms with Crippen molar-refractivity contribution in [3.8, 4) is 11.1 Å². The molecule has 5 aromatic rings. The Morgan fingerprint density at radius 1 is 0.886 bits per heavy atom. The molecule has 0 radical (unpaired) electrons. The van der Waals surface area contributed by atoms with Crippen LogP contribution in [0.25, 0.3) is 16.6 Å². The van der Waals surface area contributed by atoms with E-state index in [0.717, 1.165) is 65.7 Å². The van der Waals surface area contributed by atoms with Gasteiger partial charge >= 0.3 is 0 Å². The van der Waals surface area contributed by atoms with Crippen LogP contribution in [0.5, 0.6) is 0 Å². The highest BCUT2D eigenvalue weighted by Gasteiger charge is 2.26. The fourth-order valence-electron chi connectivity index (χ4n) is 4.55. The normalized spacial score (nSPS) is 15.9. The molecule has 0 bridgehead atoms. The van der Waals surface area contributed by atoms with Crippen LogP contribution in [0.2, 0.25) is 0 Å². The molecule has 0 spiro atoms. The van der Waals surface area contributed by atoms with Gasteiger partial charge in [0.2, 0.25) is 5.95 Å². The summed E-state index contributed by atoms with van der Waals surface area (Å²) in [5.41, 5.74) is 10.9. The number of hydrogen-bond donors (Lipinski definition) is 2. The number of aromatic amines is 1. The van der Waals surface area contributed by atoms with E-state index >= 15 is 0 Å². The van der Waals surface area contributed by atoms with Crippen LogP contribution in [0.1, 0.15) is 18.1 Å². The molecule has 4 aromatic heterocycles. The predicted octanol–water partition coefficient (Wildman–Crippen LogP) is 2.46. The van der Waals surface area contributed by atoms with E-state index in [2.05, 4.69) is 46.1 Å². The van der Waals surface area contributed by atoms with Crippen molar-refractivity contribution in [3.63, 3.8) is 0 Å². The second-order valence-corrected chi connectivity index (χ2v) is 8.94. The van der Waals surface area contributed by atoms with Gasteiger partial charge in [-0.15, -0.1) is 0 Å². The van der Waals surface area contributed by atoms with E-state index in [1.165, 1.54) is 0 Å². The smallest absolute Gasteiger partial charge is 0.225 e. The molecule has 10 nitrogen and oxygen atoms in total. The molecule has 1 fully saturated rings. The maximum Gasteiger partial charge on any atom is 0.225 e. The Morgan fingerprint density at radius 3 is 2.34 bits per heavy atom. The number of benzene rings is 1. The number of nitrogens with zero attached hydrogens (tertiary/aromatic N) is 8. The number of nitrogens with one attached hydrogen (secondary N) is 1. The quantitative estimate of drug-likeness (QED) is 0.406. The molecule has 5 heterocycles. The number of hydrogen-bond acceptors (Lipinski definition) is 8. The van der Waals surface area contributed by atoms with Crippen LogP contribution < -0.4 is 15.5 Å². The largest absolute Gasteiger partial charge is 0.351 e. The number of nitrogens with two attached hydrogens (primary N) is 1. The second kappa shape index (κ2) is 8.48. The number of fused-ring (bicyclic) bond motifs is 1. The van der Waals surface area contributed by atoms with Crippen molar-refractivity contribution in [1.82, 2.24) is 34.8 Å². The highest BCUT2D eigenvalue weighted by Crippen LogP contribution is 2.28. The molecule has 3 N–H and O–H groups in total. The van der Waals surface area contributed by atoms with Crippen molar-refractivity contribution in [1.29, 1.82) is 0 Å². The Kier molecular flexibility index (Phi) is 5.14. The van der Waals surface area contributed by atoms with Gasteiger partial charge in [-0.2, -0.15) is 10.2 Å². The summed E-state index contributed by atoms with van der Waals surface area (Å²) in [6, 6.07) is 12.1. The van der Waals surface area contributed by atoms with E-state index in [1.54, 1.807) is 12.5 Å². The van der Waals surface area contributed by atoms with E-state index in [9.17, 15) is 0 Å². The number of aromatic nitrogens is 7. The zero-order chi connectivity index (χ0) is 23.8. The van der Waals surface area contributed by atoms with Gasteiger partial charge in [0.1, 0.15) is 11.8 Å². The zero-order valence-electron chi connectivity index (χ0n) is 19.4. The molecule has 0 aliphatic carbocycles. The molecule has 0 saturated carbocycles. The van der Waals surface area contributed by atoms with Gasteiger partial charge in [-0.3, -0.25) is 5.10 Å². The van der Waals surface area contributed by atoms with E-state index in [0.29, 0.717) is 0 Å². The lowest BCUT2D eigenvalue weighted by atomic mass is 9.87. The molecule has 0 amide bonds. The van der Waals surface area contributed by atoms with Crippen LogP contribution in [0.4, 0.5) is 11.8 Å². The maximum absolute atomic E-state index is 6.63. The first-order valence-electron chi connectivity index (χ1n) is 11.6. The molecular weight excluding hydrogens is 440 g/mol. The number of H-pyrrole nitrogens is 1. The van der Waals surface area contributed by atoms with Crippen molar-refractivity contribution in [2.45, 2.75) is 12.5 Å². The van der Waals surface area contributed by atoms with Gasteiger partial charge in [0, 0.05) is 67.7 Å². The summed E-state index contributed by atoms with van der Waals surface area (Å²) in [7, 11) is 0. The average molecular weight is 467 g/mol. The first kappa shape index (κ1) is 21.2. The molecule has 10 heteroatoms. The molecular formula is C25H26N10. The third kappa shape index (κ3) is 3.87. The SMILES string of the molecule is C[C@](N)(c1ccccc1)c1cnc(N2CCN(c3ncnn4cc(-c5cn[nH]c5)cc34)CC2)nc1. The van der Waals surface area contributed by atoms with Gasteiger partial charge in [-0.05, 0) is 18.6 Å². The summed E-state index contributed by atoms with van der Waals surface area (Å²) < 4.78 is 1.87. The molecule has 35 heavy (non-hydrogen) atoms. The van der Waals surface area contributed by atoms with Crippen molar-refractivity contribution in [2.75, 3.05) is 36.0 Å². The first-order chi connectivity index (χ1) is 17.1. The molecule has 6 rings (SSSR count). The first-order valence-corrected chi connectivity index (χ1v) is 11.6. The standard InChI is InChI=1S/C25H26N10/c1-25(26,20-5-3-2-4-6-20)21-14-27-24(28-15-21)34-9-7-33(8-10-34)23-22-11-18(19-12-30-31-13-19)16-35(22)32-17-29-23/h2-6,11-17H,7-10,26H2,1H3,(H,30,31)/t25-/m0/s1. The molecule has 1 aromatic carbocycles. The average Bonchev–Trinajstić information content (AvgIpc) is 3.59. The van der Waals surface area contributed by atoms with Crippen molar-refractivity contribution >= 4 is 17.3 Å². The van der Waals surface area contributed by atoms with E-state index in [-0.39, 0.29) is 0 Å². The van der Waals surface area contributed by atoms with Crippen LogP contribution in [0.15, 0.2) is 73.7 Å². The Hall–Kier alpha value is -4.31. The molecule has 0 unspecified atom stereocenters. The fourth-order valence-corrected chi connectivity index (χ4v) is 4.55. The minimum atomic E-state index is -0.649. The van der Waals surface area contributed by atoms with Gasteiger partial charge in [0.25, 0.3) is 0 Å².